The minimum Gasteiger partial charge on any atom is -0.366 e. The maximum atomic E-state index is 15.6. The van der Waals surface area contributed by atoms with Crippen LogP contribution in [0.2, 0.25) is 10.0 Å². The molecule has 0 saturated carbocycles. The Morgan fingerprint density at radius 3 is 2.38 bits per heavy atom. The van der Waals surface area contributed by atoms with E-state index in [9.17, 15) is 9.18 Å². The number of hydrogen-bond acceptors (Lipinski definition) is 3. The van der Waals surface area contributed by atoms with Gasteiger partial charge in [0.1, 0.15) is 11.5 Å². The van der Waals surface area contributed by atoms with E-state index in [4.69, 9.17) is 33.9 Å². The van der Waals surface area contributed by atoms with Gasteiger partial charge in [-0.05, 0) is 55.5 Å². The van der Waals surface area contributed by atoms with Crippen molar-refractivity contribution in [1.29, 1.82) is 0 Å². The zero-order valence-corrected chi connectivity index (χ0v) is 20.9. The predicted octanol–water partition coefficient (Wildman–Crippen LogP) is 7.26. The molecule has 0 fully saturated rings. The van der Waals surface area contributed by atoms with Crippen molar-refractivity contribution in [2.24, 2.45) is 5.73 Å². The minimum atomic E-state index is -0.695. The summed E-state index contributed by atoms with van der Waals surface area (Å²) in [4.78, 5) is 21.8. The van der Waals surface area contributed by atoms with Crippen LogP contribution in [0.3, 0.4) is 0 Å². The first-order valence-corrected chi connectivity index (χ1v) is 11.9. The molecule has 3 aromatic carbocycles. The van der Waals surface area contributed by atoms with Crippen molar-refractivity contribution < 1.29 is 13.6 Å². The number of primary amides is 1. The van der Waals surface area contributed by atoms with Crippen molar-refractivity contribution >= 4 is 29.1 Å². The molecule has 0 spiro atoms. The molecule has 9 heteroatoms. The van der Waals surface area contributed by atoms with E-state index in [-0.39, 0.29) is 27.1 Å². The van der Waals surface area contributed by atoms with Gasteiger partial charge in [0, 0.05) is 22.4 Å². The molecule has 0 unspecified atom stereocenters. The Morgan fingerprint density at radius 1 is 0.892 bits per heavy atom. The maximum Gasteiger partial charge on any atom is 0.249 e. The van der Waals surface area contributed by atoms with E-state index in [0.29, 0.717) is 33.9 Å². The normalized spacial score (nSPS) is 11.1. The highest BCUT2D eigenvalue weighted by Gasteiger charge is 2.27. The number of aromatic nitrogens is 3. The summed E-state index contributed by atoms with van der Waals surface area (Å²) in [5, 5.41) is -0.238. The lowest BCUT2D eigenvalue weighted by molar-refractivity contribution is 0.100. The smallest absolute Gasteiger partial charge is 0.249 e. The van der Waals surface area contributed by atoms with Gasteiger partial charge in [0.2, 0.25) is 5.91 Å². The molecule has 0 radical (unpaired) electrons. The van der Waals surface area contributed by atoms with E-state index >= 15 is 4.39 Å². The summed E-state index contributed by atoms with van der Waals surface area (Å²) in [6.07, 6.45) is 0. The Morgan fingerprint density at radius 2 is 1.65 bits per heavy atom. The molecule has 2 aromatic heterocycles. The molecule has 37 heavy (non-hydrogen) atoms. The van der Waals surface area contributed by atoms with Crippen LogP contribution in [0.4, 0.5) is 8.78 Å². The van der Waals surface area contributed by atoms with Crippen molar-refractivity contribution in [2.45, 2.75) is 6.92 Å². The number of halogens is 4. The fourth-order valence-electron chi connectivity index (χ4n) is 4.16. The number of aryl methyl sites for hydroxylation is 1. The summed E-state index contributed by atoms with van der Waals surface area (Å²) >= 11 is 12.3. The Labute approximate surface area is 221 Å². The van der Waals surface area contributed by atoms with Gasteiger partial charge < -0.3 is 5.73 Å². The van der Waals surface area contributed by atoms with E-state index in [0.717, 1.165) is 0 Å². The van der Waals surface area contributed by atoms with Crippen molar-refractivity contribution in [2.75, 3.05) is 0 Å². The van der Waals surface area contributed by atoms with Crippen LogP contribution < -0.4 is 5.73 Å². The van der Waals surface area contributed by atoms with Crippen molar-refractivity contribution in [3.8, 4) is 39.7 Å². The van der Waals surface area contributed by atoms with E-state index in [1.54, 1.807) is 53.1 Å². The highest BCUT2D eigenvalue weighted by atomic mass is 35.5. The molecule has 5 aromatic rings. The Balaban J connectivity index is 1.98. The third-order valence-electron chi connectivity index (χ3n) is 5.81. The van der Waals surface area contributed by atoms with Gasteiger partial charge >= 0.3 is 0 Å². The molecular formula is C28H18Cl2F2N4O. The SMILES string of the molecule is Cc1cccc(-c2nc(-c3ccccc3C(N)=O)c(-c3ccc(F)c(Cl)c3)n2-c2cccc(Cl)c2F)n1. The van der Waals surface area contributed by atoms with Crippen molar-refractivity contribution in [3.63, 3.8) is 0 Å². The number of nitrogens with zero attached hydrogens (tertiary/aromatic N) is 3. The first-order chi connectivity index (χ1) is 17.8. The van der Waals surface area contributed by atoms with Gasteiger partial charge in [0.25, 0.3) is 0 Å². The van der Waals surface area contributed by atoms with Gasteiger partial charge in [0.15, 0.2) is 11.6 Å². The molecular weight excluding hydrogens is 517 g/mol. The number of carbonyl (C=O) groups excluding carboxylic acids is 1. The number of benzene rings is 3. The van der Waals surface area contributed by atoms with Gasteiger partial charge in [0.05, 0.1) is 27.1 Å². The molecule has 5 rings (SSSR count). The van der Waals surface area contributed by atoms with E-state index in [1.165, 1.54) is 24.3 Å². The average molecular weight is 535 g/mol. The van der Waals surface area contributed by atoms with Gasteiger partial charge in [-0.3, -0.25) is 9.36 Å². The molecule has 5 nitrogen and oxygen atoms in total. The molecule has 0 saturated heterocycles. The monoisotopic (exact) mass is 534 g/mol. The lowest BCUT2D eigenvalue weighted by atomic mass is 9.99. The van der Waals surface area contributed by atoms with E-state index < -0.39 is 17.5 Å². The lowest BCUT2D eigenvalue weighted by Gasteiger charge is -2.15. The standard InChI is InChI=1S/C28H18Cl2F2N4O/c1-15-6-4-10-22(34-15)28-35-25(17-7-2-3-8-18(17)27(33)37)26(16-12-13-21(31)20(30)14-16)36(28)23-11-5-9-19(29)24(23)32/h2-14H,1H3,(H2,33,37). The quantitative estimate of drug-likeness (QED) is 0.258. The van der Waals surface area contributed by atoms with E-state index in [2.05, 4.69) is 4.98 Å². The number of nitrogens with two attached hydrogens (primary N) is 1. The second kappa shape index (κ2) is 9.76. The second-order valence-corrected chi connectivity index (χ2v) is 9.06. The molecule has 2 N–H and O–H groups in total. The van der Waals surface area contributed by atoms with Crippen molar-refractivity contribution in [1.82, 2.24) is 14.5 Å². The third-order valence-corrected chi connectivity index (χ3v) is 6.39. The van der Waals surface area contributed by atoms with Crippen LogP contribution >= 0.6 is 23.2 Å². The Hall–Kier alpha value is -4.07. The summed E-state index contributed by atoms with van der Waals surface area (Å²) in [6.45, 7) is 1.82. The number of amides is 1. The lowest BCUT2D eigenvalue weighted by Crippen LogP contribution is -2.12. The Bertz CT molecular complexity index is 1680. The van der Waals surface area contributed by atoms with Crippen LogP contribution in [0.25, 0.3) is 39.7 Å². The number of rotatable bonds is 5. The van der Waals surface area contributed by atoms with Crippen LogP contribution in [0.15, 0.2) is 78.9 Å². The topological polar surface area (TPSA) is 73.8 Å². The summed E-state index contributed by atoms with van der Waals surface area (Å²) in [5.41, 5.74) is 8.59. The third kappa shape index (κ3) is 4.48. The van der Waals surface area contributed by atoms with Crippen LogP contribution in [0.5, 0.6) is 0 Å². The highest BCUT2D eigenvalue weighted by Crippen LogP contribution is 2.41. The van der Waals surface area contributed by atoms with Crippen molar-refractivity contribution in [3.05, 3.63) is 112 Å². The molecule has 1 amide bonds. The van der Waals surface area contributed by atoms with Crippen LogP contribution in [0.1, 0.15) is 16.1 Å². The van der Waals surface area contributed by atoms with Gasteiger partial charge in [-0.2, -0.15) is 0 Å². The summed E-state index contributed by atoms with van der Waals surface area (Å²) in [5.74, 6) is -1.71. The Kier molecular flexibility index (Phi) is 6.50. The second-order valence-electron chi connectivity index (χ2n) is 8.24. The number of hydrogen-bond donors (Lipinski definition) is 1. The molecule has 0 atom stereocenters. The first-order valence-electron chi connectivity index (χ1n) is 11.1. The zero-order valence-electron chi connectivity index (χ0n) is 19.3. The number of carbonyl (C=O) groups is 1. The molecule has 0 bridgehead atoms. The average Bonchev–Trinajstić information content (AvgIpc) is 3.27. The molecule has 0 aliphatic heterocycles. The van der Waals surface area contributed by atoms with Gasteiger partial charge in [-0.25, -0.2) is 18.7 Å². The van der Waals surface area contributed by atoms with E-state index in [1.807, 2.05) is 13.0 Å². The fraction of sp³-hybridized carbons (Fsp3) is 0.0357. The van der Waals surface area contributed by atoms with Crippen LogP contribution in [-0.2, 0) is 0 Å². The van der Waals surface area contributed by atoms with Gasteiger partial charge in [-0.15, -0.1) is 0 Å². The fourth-order valence-corrected chi connectivity index (χ4v) is 4.51. The largest absolute Gasteiger partial charge is 0.366 e. The first kappa shape index (κ1) is 24.6. The van der Waals surface area contributed by atoms with Crippen LogP contribution in [0, 0.1) is 18.6 Å². The summed E-state index contributed by atoms with van der Waals surface area (Å²) < 4.78 is 31.3. The summed E-state index contributed by atoms with van der Waals surface area (Å²) in [6, 6.07) is 20.7. The molecule has 0 aliphatic carbocycles. The molecule has 184 valence electrons. The summed E-state index contributed by atoms with van der Waals surface area (Å²) in [7, 11) is 0. The number of imidazole rings is 1. The zero-order chi connectivity index (χ0) is 26.3. The van der Waals surface area contributed by atoms with Crippen LogP contribution in [-0.4, -0.2) is 20.4 Å². The predicted molar refractivity (Wildman–Crippen MR) is 141 cm³/mol. The highest BCUT2D eigenvalue weighted by molar-refractivity contribution is 6.31. The molecule has 0 aliphatic rings. The minimum absolute atomic E-state index is 0.0801. The maximum absolute atomic E-state index is 15.6. The van der Waals surface area contributed by atoms with Gasteiger partial charge in [-0.1, -0.05) is 53.5 Å². The number of pyridine rings is 1. The molecule has 2 heterocycles.